The Kier molecular flexibility index (Phi) is 5.98. The number of nitrogens with zero attached hydrogens (tertiary/aromatic N) is 1. The van der Waals surface area contributed by atoms with Gasteiger partial charge in [-0.3, -0.25) is 0 Å². The highest BCUT2D eigenvalue weighted by atomic mass is 79.9. The first-order chi connectivity index (χ1) is 10.9. The third-order valence-electron chi connectivity index (χ3n) is 3.20. The summed E-state index contributed by atoms with van der Waals surface area (Å²) in [6.07, 6.45) is 1.67. The second kappa shape index (κ2) is 7.77. The third-order valence-corrected chi connectivity index (χ3v) is 5.49. The smallest absolute Gasteiger partial charge is 0.243 e. The monoisotopic (exact) mass is 395 g/mol. The van der Waals surface area contributed by atoms with Crippen LogP contribution in [0.25, 0.3) is 0 Å². The van der Waals surface area contributed by atoms with Gasteiger partial charge in [0.1, 0.15) is 12.4 Å². The molecule has 0 N–H and O–H groups in total. The maximum absolute atomic E-state index is 12.6. The molecule has 0 heterocycles. The highest BCUT2D eigenvalue weighted by Crippen LogP contribution is 2.21. The molecule has 6 heteroatoms. The van der Waals surface area contributed by atoms with Crippen LogP contribution in [0, 0.1) is 0 Å². The molecule has 2 aromatic carbocycles. The maximum Gasteiger partial charge on any atom is 0.243 e. The van der Waals surface area contributed by atoms with E-state index in [1.807, 2.05) is 24.3 Å². The second-order valence-electron chi connectivity index (χ2n) is 4.96. The van der Waals surface area contributed by atoms with Crippen LogP contribution in [0.3, 0.4) is 0 Å². The molecule has 122 valence electrons. The van der Waals surface area contributed by atoms with Gasteiger partial charge in [-0.25, -0.2) is 8.42 Å². The average molecular weight is 396 g/mol. The summed E-state index contributed by atoms with van der Waals surface area (Å²) >= 11 is 3.30. The van der Waals surface area contributed by atoms with E-state index in [2.05, 4.69) is 22.5 Å². The van der Waals surface area contributed by atoms with Crippen LogP contribution >= 0.6 is 15.9 Å². The fourth-order valence-corrected chi connectivity index (χ4v) is 3.75. The molecule has 0 spiro atoms. The largest absolute Gasteiger partial charge is 0.490 e. The maximum atomic E-state index is 12.6. The first kappa shape index (κ1) is 17.7. The van der Waals surface area contributed by atoms with Crippen molar-refractivity contribution in [3.63, 3.8) is 0 Å². The van der Waals surface area contributed by atoms with Gasteiger partial charge in [0.2, 0.25) is 10.0 Å². The molecular formula is C17H18BrNO3S. The third kappa shape index (κ3) is 4.67. The summed E-state index contributed by atoms with van der Waals surface area (Å²) in [5.41, 5.74) is 0.886. The summed E-state index contributed by atoms with van der Waals surface area (Å²) in [4.78, 5) is 0.264. The van der Waals surface area contributed by atoms with Gasteiger partial charge in [-0.15, -0.1) is 0 Å². The fraction of sp³-hybridized carbons (Fsp3) is 0.176. The summed E-state index contributed by atoms with van der Waals surface area (Å²) in [5, 5.41) is 0. The summed E-state index contributed by atoms with van der Waals surface area (Å²) in [6.45, 7) is 4.32. The van der Waals surface area contributed by atoms with E-state index in [9.17, 15) is 8.42 Å². The molecule has 2 aromatic rings. The highest BCUT2D eigenvalue weighted by molar-refractivity contribution is 9.10. The molecular weight excluding hydrogens is 378 g/mol. The number of ether oxygens (including phenoxy) is 1. The first-order valence-corrected chi connectivity index (χ1v) is 9.21. The van der Waals surface area contributed by atoms with Gasteiger partial charge >= 0.3 is 0 Å². The topological polar surface area (TPSA) is 46.6 Å². The lowest BCUT2D eigenvalue weighted by atomic mass is 10.2. The molecule has 0 saturated carbocycles. The fourth-order valence-electron chi connectivity index (χ4n) is 2.00. The predicted octanol–water partition coefficient (Wildman–Crippen LogP) is 3.83. The normalized spacial score (nSPS) is 11.4. The standard InChI is InChI=1S/C17H18BrNO3S/c1-3-11-22-16-9-7-14(8-10-16)13-19(2)23(20,21)17-6-4-5-15(18)12-17/h3-10,12H,1,11,13H2,2H3. The van der Waals surface area contributed by atoms with E-state index in [4.69, 9.17) is 4.74 Å². The number of hydrogen-bond donors (Lipinski definition) is 0. The Bertz CT molecular complexity index is 773. The van der Waals surface area contributed by atoms with E-state index in [-0.39, 0.29) is 11.4 Å². The van der Waals surface area contributed by atoms with Crippen LogP contribution < -0.4 is 4.74 Å². The Morgan fingerprint density at radius 2 is 1.91 bits per heavy atom. The number of hydrogen-bond acceptors (Lipinski definition) is 3. The molecule has 23 heavy (non-hydrogen) atoms. The molecule has 0 aliphatic carbocycles. The van der Waals surface area contributed by atoms with Crippen molar-refractivity contribution in [2.24, 2.45) is 0 Å². The lowest BCUT2D eigenvalue weighted by molar-refractivity contribution is 0.363. The SMILES string of the molecule is C=CCOc1ccc(CN(C)S(=O)(=O)c2cccc(Br)c2)cc1. The number of rotatable bonds is 7. The van der Waals surface area contributed by atoms with Gasteiger partial charge in [-0.05, 0) is 35.9 Å². The number of benzene rings is 2. The molecule has 0 fully saturated rings. The van der Waals surface area contributed by atoms with Crippen LogP contribution in [-0.4, -0.2) is 26.4 Å². The van der Waals surface area contributed by atoms with E-state index in [1.165, 1.54) is 4.31 Å². The van der Waals surface area contributed by atoms with E-state index in [1.54, 1.807) is 37.4 Å². The molecule has 0 amide bonds. The van der Waals surface area contributed by atoms with Crippen LogP contribution in [-0.2, 0) is 16.6 Å². The van der Waals surface area contributed by atoms with Crippen LogP contribution in [0.15, 0.2) is 70.6 Å². The van der Waals surface area contributed by atoms with E-state index in [0.29, 0.717) is 6.61 Å². The number of halogens is 1. The highest BCUT2D eigenvalue weighted by Gasteiger charge is 2.21. The lowest BCUT2D eigenvalue weighted by Crippen LogP contribution is -2.26. The van der Waals surface area contributed by atoms with Crippen LogP contribution in [0.2, 0.25) is 0 Å². The Labute approximate surface area is 145 Å². The van der Waals surface area contributed by atoms with Gasteiger partial charge in [0.25, 0.3) is 0 Å². The zero-order chi connectivity index (χ0) is 16.9. The van der Waals surface area contributed by atoms with Crippen molar-refractivity contribution < 1.29 is 13.2 Å². The van der Waals surface area contributed by atoms with Crippen LogP contribution in [0.5, 0.6) is 5.75 Å². The van der Waals surface area contributed by atoms with Crippen molar-refractivity contribution >= 4 is 26.0 Å². The van der Waals surface area contributed by atoms with E-state index in [0.717, 1.165) is 15.8 Å². The summed E-state index contributed by atoms with van der Waals surface area (Å²) in [6, 6.07) is 14.0. The van der Waals surface area contributed by atoms with Crippen molar-refractivity contribution in [2.45, 2.75) is 11.4 Å². The van der Waals surface area contributed by atoms with Crippen molar-refractivity contribution in [3.05, 3.63) is 71.2 Å². The molecule has 0 aromatic heterocycles. The minimum Gasteiger partial charge on any atom is -0.490 e. The van der Waals surface area contributed by atoms with Gasteiger partial charge in [-0.2, -0.15) is 4.31 Å². The molecule has 0 aliphatic heterocycles. The zero-order valence-electron chi connectivity index (χ0n) is 12.8. The van der Waals surface area contributed by atoms with Crippen molar-refractivity contribution in [1.29, 1.82) is 0 Å². The van der Waals surface area contributed by atoms with Gasteiger partial charge in [0, 0.05) is 18.1 Å². The van der Waals surface area contributed by atoms with Gasteiger partial charge in [0.15, 0.2) is 0 Å². The first-order valence-electron chi connectivity index (χ1n) is 6.98. The quantitative estimate of drug-likeness (QED) is 0.669. The molecule has 0 atom stereocenters. The molecule has 0 bridgehead atoms. The molecule has 0 saturated heterocycles. The zero-order valence-corrected chi connectivity index (χ0v) is 15.2. The van der Waals surface area contributed by atoms with Crippen LogP contribution in [0.1, 0.15) is 5.56 Å². The van der Waals surface area contributed by atoms with Crippen molar-refractivity contribution in [1.82, 2.24) is 4.31 Å². The van der Waals surface area contributed by atoms with Crippen LogP contribution in [0.4, 0.5) is 0 Å². The molecule has 0 unspecified atom stereocenters. The Balaban J connectivity index is 2.11. The lowest BCUT2D eigenvalue weighted by Gasteiger charge is -2.17. The van der Waals surface area contributed by atoms with E-state index >= 15 is 0 Å². The van der Waals surface area contributed by atoms with E-state index < -0.39 is 10.0 Å². The van der Waals surface area contributed by atoms with Crippen molar-refractivity contribution in [2.75, 3.05) is 13.7 Å². The molecule has 0 radical (unpaired) electrons. The summed E-state index contributed by atoms with van der Waals surface area (Å²) in [5.74, 6) is 0.728. The summed E-state index contributed by atoms with van der Waals surface area (Å²) in [7, 11) is -1.96. The summed E-state index contributed by atoms with van der Waals surface area (Å²) < 4.78 is 32.6. The van der Waals surface area contributed by atoms with Gasteiger partial charge in [0.05, 0.1) is 4.90 Å². The molecule has 2 rings (SSSR count). The predicted molar refractivity (Wildman–Crippen MR) is 94.9 cm³/mol. The Hall–Kier alpha value is -1.63. The minimum atomic E-state index is -3.53. The Morgan fingerprint density at radius 1 is 1.22 bits per heavy atom. The molecule has 0 aliphatic rings. The second-order valence-corrected chi connectivity index (χ2v) is 7.92. The number of sulfonamides is 1. The Morgan fingerprint density at radius 3 is 2.52 bits per heavy atom. The van der Waals surface area contributed by atoms with Gasteiger partial charge < -0.3 is 4.74 Å². The average Bonchev–Trinajstić information content (AvgIpc) is 2.54. The van der Waals surface area contributed by atoms with Gasteiger partial charge in [-0.1, -0.05) is 46.8 Å². The molecule has 4 nitrogen and oxygen atoms in total. The van der Waals surface area contributed by atoms with Crippen molar-refractivity contribution in [3.8, 4) is 5.75 Å². The minimum absolute atomic E-state index is 0.264.